The Morgan fingerprint density at radius 1 is 1.50 bits per heavy atom. The number of nitrogens with zero attached hydrogens (tertiary/aromatic N) is 1. The van der Waals surface area contributed by atoms with Crippen molar-refractivity contribution in [2.75, 3.05) is 6.54 Å². The molecule has 2 N–H and O–H groups in total. The maximum Gasteiger partial charge on any atom is 0.0106 e. The standard InChI is InChI=1S/C10H18N2/c1-8(2)10(6-11)9-4-5-12(3)7-9/h4-5,7-8,10H,6,11H2,1-3H3. The Bertz CT molecular complexity index is 238. The van der Waals surface area contributed by atoms with Crippen LogP contribution in [-0.2, 0) is 7.05 Å². The molecule has 1 rings (SSSR count). The molecule has 0 aliphatic carbocycles. The van der Waals surface area contributed by atoms with Gasteiger partial charge in [-0.2, -0.15) is 0 Å². The topological polar surface area (TPSA) is 30.9 Å². The largest absolute Gasteiger partial charge is 0.357 e. The fourth-order valence-electron chi connectivity index (χ4n) is 1.54. The van der Waals surface area contributed by atoms with Crippen LogP contribution in [0.5, 0.6) is 0 Å². The van der Waals surface area contributed by atoms with Crippen molar-refractivity contribution < 1.29 is 0 Å². The molecule has 0 amide bonds. The molecule has 12 heavy (non-hydrogen) atoms. The Balaban J connectivity index is 2.80. The van der Waals surface area contributed by atoms with Gasteiger partial charge in [0.2, 0.25) is 0 Å². The quantitative estimate of drug-likeness (QED) is 0.728. The second kappa shape index (κ2) is 3.76. The van der Waals surface area contributed by atoms with Crippen LogP contribution in [0.1, 0.15) is 25.3 Å². The van der Waals surface area contributed by atoms with Gasteiger partial charge in [0.15, 0.2) is 0 Å². The fraction of sp³-hybridized carbons (Fsp3) is 0.600. The van der Waals surface area contributed by atoms with Gasteiger partial charge in [-0.15, -0.1) is 0 Å². The number of rotatable bonds is 3. The Labute approximate surface area is 74.4 Å². The zero-order chi connectivity index (χ0) is 9.14. The Hall–Kier alpha value is -0.760. The average Bonchev–Trinajstić information content (AvgIpc) is 2.37. The zero-order valence-electron chi connectivity index (χ0n) is 8.12. The van der Waals surface area contributed by atoms with Crippen LogP contribution in [0.25, 0.3) is 0 Å². The summed E-state index contributed by atoms with van der Waals surface area (Å²) in [4.78, 5) is 0. The van der Waals surface area contributed by atoms with E-state index in [1.54, 1.807) is 0 Å². The first-order valence-corrected chi connectivity index (χ1v) is 4.47. The van der Waals surface area contributed by atoms with E-state index in [-0.39, 0.29) is 0 Å². The van der Waals surface area contributed by atoms with E-state index in [1.807, 2.05) is 7.05 Å². The molecular weight excluding hydrogens is 148 g/mol. The second-order valence-electron chi connectivity index (χ2n) is 3.70. The van der Waals surface area contributed by atoms with Crippen LogP contribution >= 0.6 is 0 Å². The zero-order valence-corrected chi connectivity index (χ0v) is 8.12. The van der Waals surface area contributed by atoms with Crippen LogP contribution in [0, 0.1) is 5.92 Å². The minimum atomic E-state index is 0.506. The van der Waals surface area contributed by atoms with Gasteiger partial charge in [0.05, 0.1) is 0 Å². The van der Waals surface area contributed by atoms with E-state index in [9.17, 15) is 0 Å². The van der Waals surface area contributed by atoms with Crippen LogP contribution < -0.4 is 5.73 Å². The average molecular weight is 166 g/mol. The van der Waals surface area contributed by atoms with Crippen LogP contribution in [-0.4, -0.2) is 11.1 Å². The van der Waals surface area contributed by atoms with E-state index >= 15 is 0 Å². The highest BCUT2D eigenvalue weighted by molar-refractivity contribution is 5.16. The highest BCUT2D eigenvalue weighted by Crippen LogP contribution is 2.22. The van der Waals surface area contributed by atoms with E-state index in [0.717, 1.165) is 6.54 Å². The Morgan fingerprint density at radius 2 is 2.17 bits per heavy atom. The molecule has 0 fully saturated rings. The Morgan fingerprint density at radius 3 is 2.50 bits per heavy atom. The number of hydrogen-bond donors (Lipinski definition) is 1. The lowest BCUT2D eigenvalue weighted by Gasteiger charge is -2.17. The fourth-order valence-corrected chi connectivity index (χ4v) is 1.54. The lowest BCUT2D eigenvalue weighted by atomic mass is 9.90. The Kier molecular flexibility index (Phi) is 2.93. The predicted molar refractivity (Wildman–Crippen MR) is 52.0 cm³/mol. The summed E-state index contributed by atoms with van der Waals surface area (Å²) in [6, 6.07) is 2.15. The summed E-state index contributed by atoms with van der Waals surface area (Å²) >= 11 is 0. The summed E-state index contributed by atoms with van der Waals surface area (Å²) in [5.41, 5.74) is 7.06. The summed E-state index contributed by atoms with van der Waals surface area (Å²) in [5.74, 6) is 1.13. The van der Waals surface area contributed by atoms with Crippen molar-refractivity contribution in [2.24, 2.45) is 18.7 Å². The first-order valence-electron chi connectivity index (χ1n) is 4.47. The van der Waals surface area contributed by atoms with Crippen LogP contribution in [0.2, 0.25) is 0 Å². The summed E-state index contributed by atoms with van der Waals surface area (Å²) in [7, 11) is 2.04. The molecule has 1 atom stereocenters. The van der Waals surface area contributed by atoms with Crippen molar-refractivity contribution in [1.82, 2.24) is 4.57 Å². The minimum absolute atomic E-state index is 0.506. The van der Waals surface area contributed by atoms with Gasteiger partial charge in [0, 0.05) is 19.4 Å². The molecule has 0 aromatic carbocycles. The molecule has 2 heteroatoms. The van der Waals surface area contributed by atoms with Crippen LogP contribution in [0.3, 0.4) is 0 Å². The lowest BCUT2D eigenvalue weighted by Crippen LogP contribution is -2.17. The van der Waals surface area contributed by atoms with Crippen molar-refractivity contribution in [2.45, 2.75) is 19.8 Å². The van der Waals surface area contributed by atoms with E-state index in [1.165, 1.54) is 5.56 Å². The monoisotopic (exact) mass is 166 g/mol. The third-order valence-electron chi connectivity index (χ3n) is 2.34. The van der Waals surface area contributed by atoms with Gasteiger partial charge in [-0.1, -0.05) is 13.8 Å². The second-order valence-corrected chi connectivity index (χ2v) is 3.70. The minimum Gasteiger partial charge on any atom is -0.357 e. The van der Waals surface area contributed by atoms with Gasteiger partial charge >= 0.3 is 0 Å². The summed E-state index contributed by atoms with van der Waals surface area (Å²) in [6.45, 7) is 5.16. The highest BCUT2D eigenvalue weighted by atomic mass is 14.9. The maximum absolute atomic E-state index is 5.71. The number of nitrogens with two attached hydrogens (primary N) is 1. The summed E-state index contributed by atoms with van der Waals surface area (Å²) < 4.78 is 2.07. The van der Waals surface area contributed by atoms with Gasteiger partial charge < -0.3 is 10.3 Å². The SMILES string of the molecule is CC(C)C(CN)c1ccn(C)c1. The third kappa shape index (κ3) is 1.89. The molecule has 1 aromatic rings. The predicted octanol–water partition coefficient (Wildman–Crippen LogP) is 1.72. The molecule has 1 unspecified atom stereocenters. The number of aryl methyl sites for hydroxylation is 1. The molecule has 0 radical (unpaired) electrons. The first kappa shape index (κ1) is 9.33. The molecule has 1 heterocycles. The molecule has 0 aliphatic heterocycles. The van der Waals surface area contributed by atoms with Gasteiger partial charge in [0.25, 0.3) is 0 Å². The smallest absolute Gasteiger partial charge is 0.0106 e. The van der Waals surface area contributed by atoms with E-state index in [2.05, 4.69) is 36.9 Å². The molecular formula is C10H18N2. The first-order chi connectivity index (χ1) is 5.65. The van der Waals surface area contributed by atoms with Crippen molar-refractivity contribution in [3.8, 4) is 0 Å². The van der Waals surface area contributed by atoms with Gasteiger partial charge in [0.1, 0.15) is 0 Å². The lowest BCUT2D eigenvalue weighted by molar-refractivity contribution is 0.506. The summed E-state index contributed by atoms with van der Waals surface area (Å²) in [6.07, 6.45) is 4.22. The van der Waals surface area contributed by atoms with Crippen LogP contribution in [0.4, 0.5) is 0 Å². The van der Waals surface area contributed by atoms with E-state index in [4.69, 9.17) is 5.73 Å². The molecule has 68 valence electrons. The molecule has 0 spiro atoms. The van der Waals surface area contributed by atoms with E-state index in [0.29, 0.717) is 11.8 Å². The number of aromatic nitrogens is 1. The van der Waals surface area contributed by atoms with Crippen LogP contribution in [0.15, 0.2) is 18.5 Å². The van der Waals surface area contributed by atoms with E-state index < -0.39 is 0 Å². The molecule has 0 aliphatic rings. The molecule has 2 nitrogen and oxygen atoms in total. The molecule has 0 bridgehead atoms. The van der Waals surface area contributed by atoms with Gasteiger partial charge in [-0.3, -0.25) is 0 Å². The molecule has 1 aromatic heterocycles. The van der Waals surface area contributed by atoms with Crippen molar-refractivity contribution in [3.05, 3.63) is 24.0 Å². The van der Waals surface area contributed by atoms with Gasteiger partial charge in [-0.05, 0) is 30.0 Å². The molecule has 0 saturated carbocycles. The third-order valence-corrected chi connectivity index (χ3v) is 2.34. The van der Waals surface area contributed by atoms with Gasteiger partial charge in [-0.25, -0.2) is 0 Å². The van der Waals surface area contributed by atoms with Crippen molar-refractivity contribution >= 4 is 0 Å². The van der Waals surface area contributed by atoms with Crippen molar-refractivity contribution in [3.63, 3.8) is 0 Å². The maximum atomic E-state index is 5.71. The number of hydrogen-bond acceptors (Lipinski definition) is 1. The normalized spacial score (nSPS) is 13.8. The highest BCUT2D eigenvalue weighted by Gasteiger charge is 2.14. The van der Waals surface area contributed by atoms with Crippen molar-refractivity contribution in [1.29, 1.82) is 0 Å². The molecule has 0 saturated heterocycles. The summed E-state index contributed by atoms with van der Waals surface area (Å²) in [5, 5.41) is 0.